The van der Waals surface area contributed by atoms with Gasteiger partial charge in [0.25, 0.3) is 5.91 Å². The van der Waals surface area contributed by atoms with Crippen LogP contribution >= 0.6 is 11.6 Å². The fourth-order valence-corrected chi connectivity index (χ4v) is 3.12. The van der Waals surface area contributed by atoms with E-state index in [1.807, 2.05) is 54.8 Å². The minimum Gasteiger partial charge on any atom is -0.449 e. The molecular weight excluding hydrogens is 340 g/mol. The highest BCUT2D eigenvalue weighted by Crippen LogP contribution is 2.30. The van der Waals surface area contributed by atoms with Gasteiger partial charge in [0, 0.05) is 17.1 Å². The summed E-state index contributed by atoms with van der Waals surface area (Å²) in [5.41, 5.74) is 2.01. The van der Waals surface area contributed by atoms with Crippen molar-refractivity contribution < 1.29 is 9.21 Å². The van der Waals surface area contributed by atoms with E-state index >= 15 is 0 Å². The standard InChI is InChI=1S/C18H15ClN4O2/c1-10-12-6-5-7-13(19)16(12)25-15(10)18(24)20-11(2)17-22-21-14-8-3-4-9-23(14)17/h3-9,11H,1-2H3,(H,20,24)/t11-/m1/s1. The van der Waals surface area contributed by atoms with Crippen LogP contribution in [0.5, 0.6) is 0 Å². The molecule has 4 aromatic rings. The van der Waals surface area contributed by atoms with Gasteiger partial charge in [-0.05, 0) is 32.0 Å². The smallest absolute Gasteiger partial charge is 0.287 e. The molecule has 6 nitrogen and oxygen atoms in total. The molecule has 126 valence electrons. The predicted molar refractivity (Wildman–Crippen MR) is 94.8 cm³/mol. The molecule has 0 spiro atoms. The number of carbonyl (C=O) groups is 1. The summed E-state index contributed by atoms with van der Waals surface area (Å²) in [7, 11) is 0. The molecule has 0 radical (unpaired) electrons. The van der Waals surface area contributed by atoms with Crippen LogP contribution in [0.4, 0.5) is 0 Å². The molecule has 25 heavy (non-hydrogen) atoms. The van der Waals surface area contributed by atoms with Crippen LogP contribution in [0.1, 0.15) is 34.9 Å². The first-order chi connectivity index (χ1) is 12.1. The number of aromatic nitrogens is 3. The zero-order valence-electron chi connectivity index (χ0n) is 13.7. The number of fused-ring (bicyclic) bond motifs is 2. The Morgan fingerprint density at radius 2 is 2.08 bits per heavy atom. The highest BCUT2D eigenvalue weighted by Gasteiger charge is 2.22. The van der Waals surface area contributed by atoms with E-state index in [1.165, 1.54) is 0 Å². The normalized spacial score (nSPS) is 12.6. The summed E-state index contributed by atoms with van der Waals surface area (Å²) < 4.78 is 7.55. The van der Waals surface area contributed by atoms with Crippen LogP contribution in [-0.4, -0.2) is 20.5 Å². The third-order valence-electron chi connectivity index (χ3n) is 4.20. The molecule has 4 rings (SSSR count). The Hall–Kier alpha value is -2.86. The van der Waals surface area contributed by atoms with Crippen molar-refractivity contribution in [1.29, 1.82) is 0 Å². The minimum atomic E-state index is -0.340. The Labute approximate surface area is 148 Å². The van der Waals surface area contributed by atoms with Gasteiger partial charge in [-0.15, -0.1) is 10.2 Å². The van der Waals surface area contributed by atoms with E-state index in [2.05, 4.69) is 15.5 Å². The van der Waals surface area contributed by atoms with Crippen molar-refractivity contribution in [2.45, 2.75) is 19.9 Å². The first kappa shape index (κ1) is 15.7. The van der Waals surface area contributed by atoms with Crippen LogP contribution in [-0.2, 0) is 0 Å². The van der Waals surface area contributed by atoms with Crippen LogP contribution < -0.4 is 5.32 Å². The lowest BCUT2D eigenvalue weighted by molar-refractivity contribution is 0.0911. The van der Waals surface area contributed by atoms with Gasteiger partial charge < -0.3 is 9.73 Å². The van der Waals surface area contributed by atoms with Gasteiger partial charge in [0.2, 0.25) is 0 Å². The third kappa shape index (κ3) is 2.55. The lowest BCUT2D eigenvalue weighted by Gasteiger charge is -2.11. The number of hydrogen-bond donors (Lipinski definition) is 1. The van der Waals surface area contributed by atoms with Gasteiger partial charge in [-0.1, -0.05) is 29.8 Å². The molecule has 0 fully saturated rings. The Morgan fingerprint density at radius 3 is 2.88 bits per heavy atom. The molecule has 7 heteroatoms. The minimum absolute atomic E-state index is 0.253. The molecular formula is C18H15ClN4O2. The second-order valence-corrected chi connectivity index (χ2v) is 6.26. The van der Waals surface area contributed by atoms with Gasteiger partial charge in [-0.2, -0.15) is 0 Å². The maximum absolute atomic E-state index is 12.7. The molecule has 0 saturated heterocycles. The van der Waals surface area contributed by atoms with Crippen molar-refractivity contribution in [3.05, 3.63) is 64.8 Å². The second-order valence-electron chi connectivity index (χ2n) is 5.85. The number of halogens is 1. The van der Waals surface area contributed by atoms with Gasteiger partial charge in [0.1, 0.15) is 0 Å². The maximum Gasteiger partial charge on any atom is 0.287 e. The van der Waals surface area contributed by atoms with Crippen LogP contribution in [0.15, 0.2) is 47.0 Å². The molecule has 0 aliphatic carbocycles. The molecule has 3 aromatic heterocycles. The number of carbonyl (C=O) groups excluding carboxylic acids is 1. The Morgan fingerprint density at radius 1 is 1.24 bits per heavy atom. The number of nitrogens with one attached hydrogen (secondary N) is 1. The molecule has 1 aromatic carbocycles. The molecule has 1 amide bonds. The number of rotatable bonds is 3. The fourth-order valence-electron chi connectivity index (χ4n) is 2.91. The molecule has 0 bridgehead atoms. The van der Waals surface area contributed by atoms with E-state index in [1.54, 1.807) is 6.07 Å². The van der Waals surface area contributed by atoms with Gasteiger partial charge in [-0.25, -0.2) is 0 Å². The van der Waals surface area contributed by atoms with Gasteiger partial charge in [-0.3, -0.25) is 9.20 Å². The summed E-state index contributed by atoms with van der Waals surface area (Å²) in [4.78, 5) is 12.7. The van der Waals surface area contributed by atoms with E-state index in [0.717, 1.165) is 16.6 Å². The van der Waals surface area contributed by atoms with Crippen LogP contribution in [0.25, 0.3) is 16.6 Å². The Bertz CT molecular complexity index is 1100. The number of amides is 1. The number of hydrogen-bond acceptors (Lipinski definition) is 4. The average Bonchev–Trinajstić information content (AvgIpc) is 3.18. The van der Waals surface area contributed by atoms with Gasteiger partial charge in [0.05, 0.1) is 11.1 Å². The summed E-state index contributed by atoms with van der Waals surface area (Å²) in [6, 6.07) is 10.7. The van der Waals surface area contributed by atoms with Crippen LogP contribution in [0, 0.1) is 6.92 Å². The van der Waals surface area contributed by atoms with E-state index in [0.29, 0.717) is 16.4 Å². The first-order valence-electron chi connectivity index (χ1n) is 7.84. The fraction of sp³-hybridized carbons (Fsp3) is 0.167. The molecule has 0 saturated carbocycles. The molecule has 0 unspecified atom stereocenters. The van der Waals surface area contributed by atoms with Crippen molar-refractivity contribution in [1.82, 2.24) is 19.9 Å². The van der Waals surface area contributed by atoms with Crippen LogP contribution in [0.2, 0.25) is 5.02 Å². The highest BCUT2D eigenvalue weighted by atomic mass is 35.5. The zero-order valence-corrected chi connectivity index (χ0v) is 14.4. The summed E-state index contributed by atoms with van der Waals surface area (Å²) >= 11 is 6.15. The quantitative estimate of drug-likeness (QED) is 0.605. The highest BCUT2D eigenvalue weighted by molar-refractivity contribution is 6.35. The van der Waals surface area contributed by atoms with Crippen LogP contribution in [0.3, 0.4) is 0 Å². The van der Waals surface area contributed by atoms with Gasteiger partial charge >= 0.3 is 0 Å². The van der Waals surface area contributed by atoms with E-state index in [-0.39, 0.29) is 17.7 Å². The largest absolute Gasteiger partial charge is 0.449 e. The van der Waals surface area contributed by atoms with Crippen molar-refractivity contribution >= 4 is 34.1 Å². The predicted octanol–water partition coefficient (Wildman–Crippen LogP) is 3.93. The Balaban J connectivity index is 1.66. The molecule has 1 atom stereocenters. The Kier molecular flexibility index (Phi) is 3.69. The lowest BCUT2D eigenvalue weighted by atomic mass is 10.1. The molecule has 0 aliphatic heterocycles. The number of furan rings is 1. The molecule has 1 N–H and O–H groups in total. The molecule has 3 heterocycles. The second kappa shape index (κ2) is 5.89. The topological polar surface area (TPSA) is 72.4 Å². The van der Waals surface area contributed by atoms with E-state index in [9.17, 15) is 4.79 Å². The average molecular weight is 355 g/mol. The number of pyridine rings is 1. The monoisotopic (exact) mass is 354 g/mol. The van der Waals surface area contributed by atoms with E-state index in [4.69, 9.17) is 16.0 Å². The van der Waals surface area contributed by atoms with Crippen molar-refractivity contribution in [2.75, 3.05) is 0 Å². The van der Waals surface area contributed by atoms with Crippen molar-refractivity contribution in [3.8, 4) is 0 Å². The number of benzene rings is 1. The first-order valence-corrected chi connectivity index (χ1v) is 8.22. The number of nitrogens with zero attached hydrogens (tertiary/aromatic N) is 3. The SMILES string of the molecule is Cc1c(C(=O)N[C@H](C)c2nnc3ccccn23)oc2c(Cl)cccc12. The van der Waals surface area contributed by atoms with Crippen molar-refractivity contribution in [2.24, 2.45) is 0 Å². The zero-order chi connectivity index (χ0) is 17.6. The summed E-state index contributed by atoms with van der Waals surface area (Å²) in [6.07, 6.45) is 1.86. The summed E-state index contributed by atoms with van der Waals surface area (Å²) in [6.45, 7) is 3.69. The summed E-state index contributed by atoms with van der Waals surface area (Å²) in [5.74, 6) is 0.587. The lowest BCUT2D eigenvalue weighted by Crippen LogP contribution is -2.28. The van der Waals surface area contributed by atoms with E-state index < -0.39 is 0 Å². The molecule has 0 aliphatic rings. The van der Waals surface area contributed by atoms with Crippen molar-refractivity contribution in [3.63, 3.8) is 0 Å². The number of aryl methyl sites for hydroxylation is 1. The number of para-hydroxylation sites is 1. The van der Waals surface area contributed by atoms with Gasteiger partial charge in [0.15, 0.2) is 22.8 Å². The third-order valence-corrected chi connectivity index (χ3v) is 4.49. The summed E-state index contributed by atoms with van der Waals surface area (Å²) in [5, 5.41) is 12.5. The maximum atomic E-state index is 12.7.